The van der Waals surface area contributed by atoms with Gasteiger partial charge in [-0.25, -0.2) is 0 Å². The molecular formula is C33H46O3. The Kier molecular flexibility index (Phi) is 11.8. The Hall–Kier alpha value is -2.55. The fraction of sp³-hybridized carbons (Fsp3) is 0.545. The van der Waals surface area contributed by atoms with E-state index in [0.29, 0.717) is 6.42 Å². The lowest BCUT2D eigenvalue weighted by atomic mass is 9.71. The maximum absolute atomic E-state index is 13.3. The van der Waals surface area contributed by atoms with Gasteiger partial charge in [0.25, 0.3) is 0 Å². The van der Waals surface area contributed by atoms with Crippen molar-refractivity contribution >= 4 is 17.3 Å². The van der Waals surface area contributed by atoms with E-state index in [0.717, 1.165) is 54.4 Å². The van der Waals surface area contributed by atoms with Crippen molar-refractivity contribution in [2.45, 2.75) is 99.8 Å². The van der Waals surface area contributed by atoms with Crippen molar-refractivity contribution in [3.05, 3.63) is 58.7 Å². The van der Waals surface area contributed by atoms with Gasteiger partial charge in [-0.05, 0) is 74.1 Å². The molecular weight excluding hydrogens is 444 g/mol. The molecule has 2 aromatic rings. The maximum atomic E-state index is 13.3. The van der Waals surface area contributed by atoms with Crippen LogP contribution in [0.3, 0.4) is 0 Å². The molecule has 0 amide bonds. The summed E-state index contributed by atoms with van der Waals surface area (Å²) in [7, 11) is 0. The lowest BCUT2D eigenvalue weighted by Crippen LogP contribution is -2.30. The van der Waals surface area contributed by atoms with Crippen molar-refractivity contribution in [3.8, 4) is 11.1 Å². The summed E-state index contributed by atoms with van der Waals surface area (Å²) in [4.78, 5) is 37.7. The third-order valence-electron chi connectivity index (χ3n) is 7.24. The zero-order valence-electron chi connectivity index (χ0n) is 23.6. The third-order valence-corrected chi connectivity index (χ3v) is 7.24. The number of fused-ring (bicyclic) bond motifs is 1. The van der Waals surface area contributed by atoms with Gasteiger partial charge in [-0.1, -0.05) is 88.9 Å². The summed E-state index contributed by atoms with van der Waals surface area (Å²) in [5, 5.41) is 0. The van der Waals surface area contributed by atoms with Crippen LogP contribution < -0.4 is 0 Å². The molecule has 0 aliphatic heterocycles. The van der Waals surface area contributed by atoms with Gasteiger partial charge < -0.3 is 0 Å². The van der Waals surface area contributed by atoms with E-state index in [1.54, 1.807) is 0 Å². The van der Waals surface area contributed by atoms with Crippen LogP contribution in [0.2, 0.25) is 0 Å². The van der Waals surface area contributed by atoms with Crippen molar-refractivity contribution in [1.29, 1.82) is 0 Å². The number of ketones is 3. The Labute approximate surface area is 219 Å². The second-order valence-corrected chi connectivity index (χ2v) is 10.7. The van der Waals surface area contributed by atoms with Crippen LogP contribution in [-0.2, 0) is 16.0 Å². The van der Waals surface area contributed by atoms with Crippen molar-refractivity contribution in [1.82, 2.24) is 0 Å². The predicted molar refractivity (Wildman–Crippen MR) is 151 cm³/mol. The fourth-order valence-corrected chi connectivity index (χ4v) is 5.82. The second-order valence-electron chi connectivity index (χ2n) is 10.7. The molecule has 0 heterocycles. The van der Waals surface area contributed by atoms with Gasteiger partial charge >= 0.3 is 0 Å². The topological polar surface area (TPSA) is 51.2 Å². The number of carbonyl (C=O) groups is 3. The number of Topliss-reactive ketones (excluding diaryl/α,β-unsaturated/α-hetero) is 3. The van der Waals surface area contributed by atoms with Crippen LogP contribution in [0.1, 0.15) is 107 Å². The number of rotatable bonds is 10. The zero-order valence-corrected chi connectivity index (χ0v) is 23.6. The standard InChI is InChI=1S/C30H38O3.C3H8/c1-6-9-23(25(7-2)28(32)15-21(5)31)16-22-17-27-26(24-11-8-10-19(3)14-24)13-12-20(4)30(27)29(33)18-22;1-3-2/h8,10-14,22-23,25H,6-7,9,15-18H2,1-5H3;3H2,1-2H3. The molecule has 1 aliphatic rings. The zero-order chi connectivity index (χ0) is 26.8. The van der Waals surface area contributed by atoms with E-state index < -0.39 is 0 Å². The van der Waals surface area contributed by atoms with Crippen molar-refractivity contribution < 1.29 is 14.4 Å². The first-order chi connectivity index (χ1) is 17.2. The van der Waals surface area contributed by atoms with Crippen molar-refractivity contribution in [2.75, 3.05) is 0 Å². The van der Waals surface area contributed by atoms with Gasteiger partial charge in [0.15, 0.2) is 5.78 Å². The van der Waals surface area contributed by atoms with Gasteiger partial charge in [-0.3, -0.25) is 14.4 Å². The molecule has 0 fully saturated rings. The highest BCUT2D eigenvalue weighted by atomic mass is 16.1. The molecule has 3 unspecified atom stereocenters. The maximum Gasteiger partial charge on any atom is 0.163 e. The lowest BCUT2D eigenvalue weighted by Gasteiger charge is -2.32. The Morgan fingerprint density at radius 1 is 1.00 bits per heavy atom. The van der Waals surface area contributed by atoms with E-state index in [1.807, 2.05) is 13.8 Å². The molecule has 3 atom stereocenters. The van der Waals surface area contributed by atoms with Gasteiger partial charge in [0, 0.05) is 17.9 Å². The van der Waals surface area contributed by atoms with Crippen molar-refractivity contribution in [3.63, 3.8) is 0 Å². The van der Waals surface area contributed by atoms with Gasteiger partial charge in [0.2, 0.25) is 0 Å². The summed E-state index contributed by atoms with van der Waals surface area (Å²) >= 11 is 0. The number of aryl methyl sites for hydroxylation is 2. The fourth-order valence-electron chi connectivity index (χ4n) is 5.82. The smallest absolute Gasteiger partial charge is 0.163 e. The molecule has 196 valence electrons. The summed E-state index contributed by atoms with van der Waals surface area (Å²) in [6.45, 7) is 14.1. The molecule has 3 heteroatoms. The summed E-state index contributed by atoms with van der Waals surface area (Å²) in [6.07, 6.45) is 6.26. The van der Waals surface area contributed by atoms with E-state index in [-0.39, 0.29) is 41.5 Å². The highest BCUT2D eigenvalue weighted by Crippen LogP contribution is 2.40. The summed E-state index contributed by atoms with van der Waals surface area (Å²) in [5.74, 6) is 0.589. The predicted octanol–water partition coefficient (Wildman–Crippen LogP) is 8.51. The van der Waals surface area contributed by atoms with E-state index in [1.165, 1.54) is 24.5 Å². The first-order valence-electron chi connectivity index (χ1n) is 13.9. The molecule has 0 saturated carbocycles. The van der Waals surface area contributed by atoms with E-state index in [4.69, 9.17) is 0 Å². The molecule has 3 rings (SSSR count). The van der Waals surface area contributed by atoms with Gasteiger partial charge in [-0.15, -0.1) is 0 Å². The largest absolute Gasteiger partial charge is 0.300 e. The molecule has 0 radical (unpaired) electrons. The summed E-state index contributed by atoms with van der Waals surface area (Å²) < 4.78 is 0. The average Bonchev–Trinajstić information content (AvgIpc) is 2.79. The van der Waals surface area contributed by atoms with Gasteiger partial charge in [0.1, 0.15) is 11.6 Å². The van der Waals surface area contributed by atoms with Gasteiger partial charge in [-0.2, -0.15) is 0 Å². The molecule has 3 nitrogen and oxygen atoms in total. The Morgan fingerprint density at radius 3 is 2.28 bits per heavy atom. The van der Waals surface area contributed by atoms with E-state index >= 15 is 0 Å². The normalized spacial score (nSPS) is 16.4. The molecule has 0 bridgehead atoms. The summed E-state index contributed by atoms with van der Waals surface area (Å²) in [5.41, 5.74) is 6.64. The molecule has 0 aromatic heterocycles. The highest BCUT2D eigenvalue weighted by molar-refractivity contribution is 6.02. The minimum absolute atomic E-state index is 0.0296. The van der Waals surface area contributed by atoms with Crippen LogP contribution in [0.4, 0.5) is 0 Å². The summed E-state index contributed by atoms with van der Waals surface area (Å²) in [6, 6.07) is 12.7. The van der Waals surface area contributed by atoms with Gasteiger partial charge in [0.05, 0.1) is 6.42 Å². The minimum atomic E-state index is -0.0981. The first-order valence-corrected chi connectivity index (χ1v) is 13.9. The molecule has 0 saturated heterocycles. The van der Waals surface area contributed by atoms with E-state index in [9.17, 15) is 14.4 Å². The molecule has 2 aromatic carbocycles. The number of hydrogen-bond donors (Lipinski definition) is 0. The van der Waals surface area contributed by atoms with Crippen LogP contribution in [0.5, 0.6) is 0 Å². The first kappa shape index (κ1) is 29.7. The number of carbonyl (C=O) groups excluding carboxylic acids is 3. The highest BCUT2D eigenvalue weighted by Gasteiger charge is 2.33. The van der Waals surface area contributed by atoms with Crippen LogP contribution in [-0.4, -0.2) is 17.3 Å². The Balaban J connectivity index is 0.00000145. The van der Waals surface area contributed by atoms with Crippen LogP contribution in [0.25, 0.3) is 11.1 Å². The minimum Gasteiger partial charge on any atom is -0.300 e. The molecule has 0 N–H and O–H groups in total. The molecule has 0 spiro atoms. The SMILES string of the molecule is CCC.CCCC(CC1CC(=O)c2c(C)ccc(-c3cccc(C)c3)c2C1)C(CC)C(=O)CC(C)=O. The Bertz CT molecular complexity index is 1050. The number of benzene rings is 2. The van der Waals surface area contributed by atoms with Crippen LogP contribution in [0, 0.1) is 31.6 Å². The third kappa shape index (κ3) is 7.72. The second kappa shape index (κ2) is 14.3. The lowest BCUT2D eigenvalue weighted by molar-refractivity contribution is -0.129. The monoisotopic (exact) mass is 490 g/mol. The molecule has 36 heavy (non-hydrogen) atoms. The molecule has 1 aliphatic carbocycles. The van der Waals surface area contributed by atoms with Crippen molar-refractivity contribution in [2.24, 2.45) is 17.8 Å². The Morgan fingerprint density at radius 2 is 1.69 bits per heavy atom. The van der Waals surface area contributed by atoms with E-state index in [2.05, 4.69) is 64.1 Å². The van der Waals surface area contributed by atoms with Crippen LogP contribution in [0.15, 0.2) is 36.4 Å². The quantitative estimate of drug-likeness (QED) is 0.314. The average molecular weight is 491 g/mol. The van der Waals surface area contributed by atoms with Crippen LogP contribution >= 0.6 is 0 Å². The number of hydrogen-bond acceptors (Lipinski definition) is 3.